The van der Waals surface area contributed by atoms with Crippen molar-refractivity contribution in [3.8, 4) is 11.1 Å². The molecule has 3 aromatic carbocycles. The lowest BCUT2D eigenvalue weighted by Gasteiger charge is -2.06. The second-order valence-corrected chi connectivity index (χ2v) is 7.95. The van der Waals surface area contributed by atoms with Crippen LogP contribution in [0.4, 0.5) is 4.39 Å². The molecule has 0 bridgehead atoms. The third-order valence-electron chi connectivity index (χ3n) is 5.41. The van der Waals surface area contributed by atoms with Gasteiger partial charge in [-0.1, -0.05) is 80.1 Å². The molecule has 0 atom stereocenters. The van der Waals surface area contributed by atoms with Gasteiger partial charge in [-0.15, -0.1) is 6.58 Å². The highest BCUT2D eigenvalue weighted by atomic mass is 19.1. The van der Waals surface area contributed by atoms with Gasteiger partial charge >= 0.3 is 0 Å². The van der Waals surface area contributed by atoms with Gasteiger partial charge in [0.2, 0.25) is 0 Å². The standard InChI is InChI=1S/C29H31FN2/c1-3-5-7-9-24-10-12-25(13-11-24)21-31-32-22-26-16-19-28(29(30)20-26)27-17-14-23(15-18-27)8-6-4-2/h3,10-22H,1,4-9H2,2H3. The molecule has 2 nitrogen and oxygen atoms in total. The van der Waals surface area contributed by atoms with Crippen molar-refractivity contribution in [1.29, 1.82) is 0 Å². The van der Waals surface area contributed by atoms with Crippen molar-refractivity contribution in [2.45, 2.75) is 45.4 Å². The number of hydrogen-bond donors (Lipinski definition) is 0. The summed E-state index contributed by atoms with van der Waals surface area (Å²) in [5.41, 5.74) is 5.75. The topological polar surface area (TPSA) is 24.7 Å². The molecule has 0 N–H and O–H groups in total. The lowest BCUT2D eigenvalue weighted by Crippen LogP contribution is -1.90. The zero-order valence-electron chi connectivity index (χ0n) is 18.8. The van der Waals surface area contributed by atoms with Gasteiger partial charge in [0.25, 0.3) is 0 Å². The van der Waals surface area contributed by atoms with Crippen LogP contribution in [0.5, 0.6) is 0 Å². The maximum Gasteiger partial charge on any atom is 0.131 e. The van der Waals surface area contributed by atoms with Crippen LogP contribution in [0.15, 0.2) is 89.6 Å². The zero-order valence-corrected chi connectivity index (χ0v) is 18.8. The quantitative estimate of drug-likeness (QED) is 0.129. The molecular weight excluding hydrogens is 395 g/mol. The van der Waals surface area contributed by atoms with Gasteiger partial charge in [0.15, 0.2) is 0 Å². The first-order valence-corrected chi connectivity index (χ1v) is 11.3. The summed E-state index contributed by atoms with van der Waals surface area (Å²) in [4.78, 5) is 0. The zero-order chi connectivity index (χ0) is 22.6. The molecule has 0 saturated heterocycles. The van der Waals surface area contributed by atoms with E-state index in [1.54, 1.807) is 18.5 Å². The van der Waals surface area contributed by atoms with Crippen LogP contribution in [-0.2, 0) is 12.8 Å². The molecule has 164 valence electrons. The summed E-state index contributed by atoms with van der Waals surface area (Å²) in [7, 11) is 0. The molecule has 3 rings (SSSR count). The molecule has 32 heavy (non-hydrogen) atoms. The first-order chi connectivity index (χ1) is 15.7. The van der Waals surface area contributed by atoms with Gasteiger partial charge in [-0.3, -0.25) is 0 Å². The predicted molar refractivity (Wildman–Crippen MR) is 135 cm³/mol. The summed E-state index contributed by atoms with van der Waals surface area (Å²) in [6, 6.07) is 21.6. The fourth-order valence-electron chi connectivity index (χ4n) is 3.50. The highest BCUT2D eigenvalue weighted by Gasteiger charge is 2.06. The van der Waals surface area contributed by atoms with Crippen molar-refractivity contribution in [3.63, 3.8) is 0 Å². The van der Waals surface area contributed by atoms with Crippen molar-refractivity contribution in [2.24, 2.45) is 10.2 Å². The number of rotatable bonds is 11. The molecule has 0 aliphatic rings. The fraction of sp³-hybridized carbons (Fsp3) is 0.241. The lowest BCUT2D eigenvalue weighted by atomic mass is 10.0. The molecule has 3 heteroatoms. The molecule has 0 aliphatic carbocycles. The third-order valence-corrected chi connectivity index (χ3v) is 5.41. The number of hydrogen-bond acceptors (Lipinski definition) is 2. The van der Waals surface area contributed by atoms with E-state index in [1.807, 2.05) is 36.4 Å². The van der Waals surface area contributed by atoms with Crippen LogP contribution in [0.2, 0.25) is 0 Å². The Morgan fingerprint density at radius 2 is 1.38 bits per heavy atom. The van der Waals surface area contributed by atoms with Crippen LogP contribution in [-0.4, -0.2) is 12.4 Å². The summed E-state index contributed by atoms with van der Waals surface area (Å²) in [6.45, 7) is 5.94. The Morgan fingerprint density at radius 3 is 2.00 bits per heavy atom. The number of aryl methyl sites for hydroxylation is 2. The minimum atomic E-state index is -0.258. The number of allylic oxidation sites excluding steroid dienone is 1. The number of unbranched alkanes of at least 4 members (excludes halogenated alkanes) is 2. The minimum absolute atomic E-state index is 0.258. The maximum absolute atomic E-state index is 14.7. The van der Waals surface area contributed by atoms with Crippen molar-refractivity contribution >= 4 is 12.4 Å². The van der Waals surface area contributed by atoms with Crippen LogP contribution >= 0.6 is 0 Å². The van der Waals surface area contributed by atoms with Crippen molar-refractivity contribution in [2.75, 3.05) is 0 Å². The lowest BCUT2D eigenvalue weighted by molar-refractivity contribution is 0.631. The van der Waals surface area contributed by atoms with Crippen molar-refractivity contribution in [3.05, 3.63) is 107 Å². The van der Waals surface area contributed by atoms with Crippen LogP contribution in [0.25, 0.3) is 11.1 Å². The highest BCUT2D eigenvalue weighted by molar-refractivity contribution is 5.83. The van der Waals surface area contributed by atoms with Crippen LogP contribution in [0, 0.1) is 5.82 Å². The monoisotopic (exact) mass is 426 g/mol. The molecule has 0 aromatic heterocycles. The average Bonchev–Trinajstić information content (AvgIpc) is 2.82. The van der Waals surface area contributed by atoms with E-state index >= 15 is 0 Å². The molecule has 0 amide bonds. The van der Waals surface area contributed by atoms with E-state index in [9.17, 15) is 4.39 Å². The number of benzene rings is 3. The summed E-state index contributed by atoms with van der Waals surface area (Å²) in [5, 5.41) is 8.17. The molecule has 0 unspecified atom stereocenters. The summed E-state index contributed by atoms with van der Waals surface area (Å²) in [5.74, 6) is -0.258. The van der Waals surface area contributed by atoms with Crippen LogP contribution < -0.4 is 0 Å². The Kier molecular flexibility index (Phi) is 9.12. The molecule has 3 aromatic rings. The van der Waals surface area contributed by atoms with E-state index < -0.39 is 0 Å². The fourth-order valence-corrected chi connectivity index (χ4v) is 3.50. The number of nitrogens with zero attached hydrogens (tertiary/aromatic N) is 2. The summed E-state index contributed by atoms with van der Waals surface area (Å²) < 4.78 is 14.7. The molecule has 0 radical (unpaired) electrons. The normalized spacial score (nSPS) is 11.4. The Bertz CT molecular complexity index is 1050. The smallest absolute Gasteiger partial charge is 0.131 e. The van der Waals surface area contributed by atoms with Crippen LogP contribution in [0.3, 0.4) is 0 Å². The van der Waals surface area contributed by atoms with Gasteiger partial charge in [-0.25, -0.2) is 4.39 Å². The largest absolute Gasteiger partial charge is 0.206 e. The van der Waals surface area contributed by atoms with E-state index in [0.717, 1.165) is 36.8 Å². The Morgan fingerprint density at radius 1 is 0.781 bits per heavy atom. The molecule has 0 saturated carbocycles. The van der Waals surface area contributed by atoms with Gasteiger partial charge in [0, 0.05) is 5.56 Å². The van der Waals surface area contributed by atoms with E-state index in [-0.39, 0.29) is 5.82 Å². The predicted octanol–water partition coefficient (Wildman–Crippen LogP) is 7.80. The van der Waals surface area contributed by atoms with E-state index in [4.69, 9.17) is 0 Å². The van der Waals surface area contributed by atoms with Crippen molar-refractivity contribution < 1.29 is 4.39 Å². The Hall–Kier alpha value is -3.33. The first-order valence-electron chi connectivity index (χ1n) is 11.3. The summed E-state index contributed by atoms with van der Waals surface area (Å²) >= 11 is 0. The SMILES string of the molecule is C=CCCCc1ccc(C=NN=Cc2ccc(-c3ccc(CCCC)cc3)c(F)c2)cc1. The summed E-state index contributed by atoms with van der Waals surface area (Å²) in [6.07, 6.45) is 11.8. The molecule has 0 spiro atoms. The highest BCUT2D eigenvalue weighted by Crippen LogP contribution is 2.24. The third kappa shape index (κ3) is 7.12. The van der Waals surface area contributed by atoms with Gasteiger partial charge in [-0.05, 0) is 66.0 Å². The second-order valence-electron chi connectivity index (χ2n) is 7.95. The Balaban J connectivity index is 1.58. The molecular formula is C29H31FN2. The van der Waals surface area contributed by atoms with Gasteiger partial charge in [0.1, 0.15) is 5.82 Å². The maximum atomic E-state index is 14.7. The van der Waals surface area contributed by atoms with Crippen LogP contribution in [0.1, 0.15) is 54.9 Å². The second kappa shape index (κ2) is 12.5. The van der Waals surface area contributed by atoms with E-state index in [2.05, 4.69) is 48.0 Å². The molecule has 0 heterocycles. The number of halogens is 1. The average molecular weight is 427 g/mol. The van der Waals surface area contributed by atoms with Crippen molar-refractivity contribution in [1.82, 2.24) is 0 Å². The Labute approximate surface area is 191 Å². The molecule has 0 aliphatic heterocycles. The molecule has 0 fully saturated rings. The van der Waals surface area contributed by atoms with Gasteiger partial charge in [-0.2, -0.15) is 10.2 Å². The van der Waals surface area contributed by atoms with Gasteiger partial charge in [0.05, 0.1) is 12.4 Å². The van der Waals surface area contributed by atoms with E-state index in [1.165, 1.54) is 30.0 Å². The minimum Gasteiger partial charge on any atom is -0.206 e. The van der Waals surface area contributed by atoms with Gasteiger partial charge < -0.3 is 0 Å². The van der Waals surface area contributed by atoms with E-state index in [0.29, 0.717) is 11.1 Å². The first kappa shape index (κ1) is 23.3.